The third-order valence-corrected chi connectivity index (χ3v) is 10.9. The van der Waals surface area contributed by atoms with Crippen LogP contribution in [-0.4, -0.2) is 66.2 Å². The maximum Gasteiger partial charge on any atom is 0.419 e. The monoisotopic (exact) mass is 792 g/mol. The molecule has 0 unspecified atom stereocenters. The molecule has 2 amide bonds. The van der Waals surface area contributed by atoms with Crippen LogP contribution in [0, 0.1) is 0 Å². The first-order valence-corrected chi connectivity index (χ1v) is 19.1. The quantitative estimate of drug-likeness (QED) is 0.101. The van der Waals surface area contributed by atoms with Gasteiger partial charge < -0.3 is 36.1 Å². The summed E-state index contributed by atoms with van der Waals surface area (Å²) in [5.41, 5.74) is 4.57. The van der Waals surface area contributed by atoms with Gasteiger partial charge in [-0.1, -0.05) is 35.9 Å². The summed E-state index contributed by atoms with van der Waals surface area (Å²) in [4.78, 5) is 36.9. The fraction of sp³-hybridized carbons (Fsp3) is 0.425. The molecule has 0 bridgehead atoms. The van der Waals surface area contributed by atoms with Crippen LogP contribution < -0.4 is 36.1 Å². The van der Waals surface area contributed by atoms with Crippen molar-refractivity contribution < 1.29 is 32.2 Å². The van der Waals surface area contributed by atoms with Crippen molar-refractivity contribution in [3.8, 4) is 34.3 Å². The molecule has 0 radical (unpaired) electrons. The lowest BCUT2D eigenvalue weighted by molar-refractivity contribution is -0.137. The minimum atomic E-state index is -4.69. The van der Waals surface area contributed by atoms with Crippen molar-refractivity contribution in [2.45, 2.75) is 82.3 Å². The molecule has 5 heterocycles. The molecule has 296 valence electrons. The molecule has 56 heavy (non-hydrogen) atoms. The van der Waals surface area contributed by atoms with Gasteiger partial charge in [0.05, 0.1) is 42.2 Å². The van der Waals surface area contributed by atoms with Crippen LogP contribution >= 0.6 is 11.6 Å². The number of anilines is 1. The SMILES string of the molecule is COc1nc(-c2ccnc(-c3cccc4c3CCC[C@H]4Nc3nc(OC)c(CNC[C@H]4CCC(=O)N4)cc3C(F)(F)F)c2Cl)ccc1CNC[C@H]1CCC(=O)N1. The molecule has 1 aliphatic carbocycles. The minimum Gasteiger partial charge on any atom is -0.481 e. The van der Waals surface area contributed by atoms with Gasteiger partial charge in [-0.05, 0) is 61.4 Å². The van der Waals surface area contributed by atoms with Crippen LogP contribution in [0.15, 0.2) is 48.7 Å². The zero-order chi connectivity index (χ0) is 39.4. The number of halogens is 4. The van der Waals surface area contributed by atoms with Gasteiger partial charge in [0, 0.05) is 79.6 Å². The fourth-order valence-electron chi connectivity index (χ4n) is 7.74. The Morgan fingerprint density at radius 1 is 0.839 bits per heavy atom. The van der Waals surface area contributed by atoms with E-state index in [2.05, 4.69) is 36.6 Å². The summed E-state index contributed by atoms with van der Waals surface area (Å²) in [5, 5.41) is 15.8. The van der Waals surface area contributed by atoms with Crippen LogP contribution in [0.25, 0.3) is 22.5 Å². The number of benzene rings is 1. The van der Waals surface area contributed by atoms with Crippen molar-refractivity contribution in [3.05, 3.63) is 81.5 Å². The van der Waals surface area contributed by atoms with E-state index < -0.39 is 17.8 Å². The lowest BCUT2D eigenvalue weighted by atomic mass is 9.83. The Labute approximate surface area is 327 Å². The van der Waals surface area contributed by atoms with E-state index in [4.69, 9.17) is 26.1 Å². The molecule has 16 heteroatoms. The summed E-state index contributed by atoms with van der Waals surface area (Å²) in [6.45, 7) is 1.63. The molecular weight excluding hydrogens is 749 g/mol. The van der Waals surface area contributed by atoms with Gasteiger partial charge in [0.15, 0.2) is 0 Å². The standard InChI is InChI=1S/C40H44ClF3N8O4/c1-55-38-22(18-45-20-24-10-13-33(53)48-24)9-12-32(51-38)29-15-16-47-36(35(29)41)28-7-3-6-27-26(28)5-4-8-31(27)50-37-30(40(42,43)44)17-23(39(52-37)56-2)19-46-21-25-11-14-34(54)49-25/h3,6-7,9,12,15-17,24-25,31,45-46H,4-5,8,10-11,13-14,18-21H2,1-2H3,(H,48,53)(H,49,54)(H,50,52)/t24-,25-,31-/m1/s1. The molecule has 2 aliphatic heterocycles. The summed E-state index contributed by atoms with van der Waals surface area (Å²) in [5.74, 6) is 0.242. The highest BCUT2D eigenvalue weighted by Gasteiger charge is 2.37. The first-order chi connectivity index (χ1) is 27.0. The van der Waals surface area contributed by atoms with Crippen molar-refractivity contribution >= 4 is 29.2 Å². The fourth-order valence-corrected chi connectivity index (χ4v) is 8.05. The maximum absolute atomic E-state index is 14.6. The number of hydrogen-bond donors (Lipinski definition) is 5. The number of rotatable bonds is 14. The first-order valence-electron chi connectivity index (χ1n) is 18.7. The summed E-state index contributed by atoms with van der Waals surface area (Å²) in [6, 6.07) is 11.9. The number of pyridine rings is 3. The molecule has 3 atom stereocenters. The van der Waals surface area contributed by atoms with Gasteiger partial charge in [-0.2, -0.15) is 18.2 Å². The van der Waals surface area contributed by atoms with Crippen LogP contribution in [0.4, 0.5) is 19.0 Å². The Morgan fingerprint density at radius 2 is 1.52 bits per heavy atom. The zero-order valence-corrected chi connectivity index (χ0v) is 31.9. The van der Waals surface area contributed by atoms with Crippen molar-refractivity contribution in [1.82, 2.24) is 36.2 Å². The maximum atomic E-state index is 14.6. The van der Waals surface area contributed by atoms with E-state index in [1.807, 2.05) is 30.3 Å². The van der Waals surface area contributed by atoms with E-state index in [1.165, 1.54) is 7.11 Å². The highest BCUT2D eigenvalue weighted by molar-refractivity contribution is 6.35. The first kappa shape index (κ1) is 39.3. The van der Waals surface area contributed by atoms with Crippen LogP contribution in [0.3, 0.4) is 0 Å². The number of nitrogens with one attached hydrogen (secondary N) is 5. The molecule has 0 spiro atoms. The number of carbonyl (C=O) groups is 2. The van der Waals surface area contributed by atoms with E-state index >= 15 is 0 Å². The number of aromatic nitrogens is 3. The van der Waals surface area contributed by atoms with Gasteiger partial charge in [0.2, 0.25) is 23.6 Å². The predicted molar refractivity (Wildman–Crippen MR) is 205 cm³/mol. The van der Waals surface area contributed by atoms with Gasteiger partial charge in [-0.15, -0.1) is 0 Å². The Kier molecular flexibility index (Phi) is 11.9. The molecule has 3 aliphatic rings. The number of alkyl halides is 3. The summed E-state index contributed by atoms with van der Waals surface area (Å²) < 4.78 is 54.9. The second kappa shape index (κ2) is 17.0. The van der Waals surface area contributed by atoms with Gasteiger partial charge in [-0.3, -0.25) is 14.6 Å². The predicted octanol–water partition coefficient (Wildman–Crippen LogP) is 6.12. The molecule has 2 fully saturated rings. The number of fused-ring (bicyclic) bond motifs is 1. The Bertz CT molecular complexity index is 2100. The van der Waals surface area contributed by atoms with Crippen molar-refractivity contribution in [1.29, 1.82) is 0 Å². The van der Waals surface area contributed by atoms with E-state index in [-0.39, 0.29) is 47.7 Å². The van der Waals surface area contributed by atoms with Gasteiger partial charge in [0.1, 0.15) is 5.82 Å². The highest BCUT2D eigenvalue weighted by atomic mass is 35.5. The number of amides is 2. The van der Waals surface area contributed by atoms with E-state index in [9.17, 15) is 22.8 Å². The molecule has 1 aromatic carbocycles. The molecule has 3 aromatic heterocycles. The summed E-state index contributed by atoms with van der Waals surface area (Å²) in [6.07, 6.45) is 1.38. The number of carbonyl (C=O) groups excluding carboxylic acids is 2. The van der Waals surface area contributed by atoms with Crippen molar-refractivity contribution in [3.63, 3.8) is 0 Å². The number of hydrogen-bond acceptors (Lipinski definition) is 10. The largest absolute Gasteiger partial charge is 0.481 e. The second-order valence-corrected chi connectivity index (χ2v) is 14.6. The third kappa shape index (κ3) is 8.69. The van der Waals surface area contributed by atoms with Crippen molar-refractivity contribution in [2.24, 2.45) is 0 Å². The molecule has 2 saturated heterocycles. The lowest BCUT2D eigenvalue weighted by Crippen LogP contribution is -2.35. The average molecular weight is 793 g/mol. The average Bonchev–Trinajstić information content (AvgIpc) is 3.81. The Balaban J connectivity index is 1.12. The summed E-state index contributed by atoms with van der Waals surface area (Å²) in [7, 11) is 2.94. The van der Waals surface area contributed by atoms with Crippen LogP contribution in [0.1, 0.15) is 72.4 Å². The normalized spacial score (nSPS) is 19.4. The smallest absolute Gasteiger partial charge is 0.419 e. The molecular formula is C40H44ClF3N8O4. The highest BCUT2D eigenvalue weighted by Crippen LogP contribution is 2.43. The van der Waals surface area contributed by atoms with E-state index in [1.54, 1.807) is 19.4 Å². The van der Waals surface area contributed by atoms with Gasteiger partial charge in [-0.25, -0.2) is 4.98 Å². The molecule has 12 nitrogen and oxygen atoms in total. The second-order valence-electron chi connectivity index (χ2n) is 14.3. The zero-order valence-electron chi connectivity index (χ0n) is 31.1. The lowest BCUT2D eigenvalue weighted by Gasteiger charge is -2.30. The minimum absolute atomic E-state index is 0.0339. The van der Waals surface area contributed by atoms with Crippen LogP contribution in [0.2, 0.25) is 5.02 Å². The molecule has 5 N–H and O–H groups in total. The van der Waals surface area contributed by atoms with E-state index in [0.717, 1.165) is 34.7 Å². The Morgan fingerprint density at radius 3 is 2.16 bits per heavy atom. The van der Waals surface area contributed by atoms with Gasteiger partial charge in [0.25, 0.3) is 0 Å². The van der Waals surface area contributed by atoms with Gasteiger partial charge >= 0.3 is 6.18 Å². The number of methoxy groups -OCH3 is 2. The molecule has 4 aromatic rings. The van der Waals surface area contributed by atoms with E-state index in [0.29, 0.717) is 86.0 Å². The van der Waals surface area contributed by atoms with Crippen LogP contribution in [-0.2, 0) is 35.3 Å². The Hall–Kier alpha value is -4.99. The topological polar surface area (TPSA) is 151 Å². The number of nitrogens with zero attached hydrogens (tertiary/aromatic N) is 3. The number of ether oxygens (including phenoxy) is 2. The van der Waals surface area contributed by atoms with Crippen LogP contribution in [0.5, 0.6) is 11.8 Å². The molecule has 0 saturated carbocycles. The third-order valence-electron chi connectivity index (χ3n) is 10.5. The summed E-state index contributed by atoms with van der Waals surface area (Å²) >= 11 is 7.11. The molecule has 7 rings (SSSR count). The van der Waals surface area contributed by atoms with Crippen molar-refractivity contribution in [2.75, 3.05) is 32.6 Å².